The predicted octanol–water partition coefficient (Wildman–Crippen LogP) is 4.62. The Bertz CT molecular complexity index is 899. The van der Waals surface area contributed by atoms with Crippen LogP contribution in [0.15, 0.2) is 48.5 Å². The van der Waals surface area contributed by atoms with E-state index < -0.39 is 0 Å². The van der Waals surface area contributed by atoms with Gasteiger partial charge in [0.05, 0.1) is 0 Å². The zero-order valence-electron chi connectivity index (χ0n) is 18.6. The van der Waals surface area contributed by atoms with Crippen molar-refractivity contribution < 1.29 is 9.59 Å². The predicted molar refractivity (Wildman–Crippen MR) is 124 cm³/mol. The van der Waals surface area contributed by atoms with Crippen molar-refractivity contribution in [3.05, 3.63) is 65.2 Å². The third kappa shape index (κ3) is 5.66. The Kier molecular flexibility index (Phi) is 6.59. The van der Waals surface area contributed by atoms with Crippen LogP contribution in [0.2, 0.25) is 0 Å². The lowest BCUT2D eigenvalue weighted by Crippen LogP contribution is -2.32. The molecule has 2 aromatic rings. The second-order valence-corrected chi connectivity index (χ2v) is 8.93. The molecule has 164 valence electrons. The standard InChI is InChI=1S/C26H33N3O2/c1-3-4-17-28(2)23-13-9-21(10-14-23)26(31)29(24-15-16-24)18-19-5-7-20(8-6-19)25(30)27-22-11-12-22/h5-10,13-14,22,24H,3-4,11-12,15-18H2,1-2H3,(H,27,30). The maximum atomic E-state index is 13.2. The zero-order chi connectivity index (χ0) is 21.8. The van der Waals surface area contributed by atoms with Crippen molar-refractivity contribution in [3.8, 4) is 0 Å². The average Bonchev–Trinajstić information content (AvgIpc) is 3.71. The van der Waals surface area contributed by atoms with Gasteiger partial charge >= 0.3 is 0 Å². The Labute approximate surface area is 185 Å². The first-order valence-corrected chi connectivity index (χ1v) is 11.6. The quantitative estimate of drug-likeness (QED) is 0.611. The molecule has 2 fully saturated rings. The zero-order valence-corrected chi connectivity index (χ0v) is 18.6. The number of carbonyl (C=O) groups excluding carboxylic acids is 2. The van der Waals surface area contributed by atoms with Crippen LogP contribution in [0.4, 0.5) is 5.69 Å². The molecule has 2 aromatic carbocycles. The van der Waals surface area contributed by atoms with Crippen LogP contribution in [0.1, 0.15) is 71.7 Å². The maximum absolute atomic E-state index is 13.2. The minimum atomic E-state index is -0.00632. The molecule has 0 spiro atoms. The molecule has 0 aliphatic heterocycles. The van der Waals surface area contributed by atoms with E-state index in [1.807, 2.05) is 53.4 Å². The monoisotopic (exact) mass is 419 g/mol. The Balaban J connectivity index is 1.40. The summed E-state index contributed by atoms with van der Waals surface area (Å²) >= 11 is 0. The molecule has 0 bridgehead atoms. The number of amides is 2. The van der Waals surface area contributed by atoms with Gasteiger partial charge in [-0.05, 0) is 74.1 Å². The van der Waals surface area contributed by atoms with Crippen molar-refractivity contribution >= 4 is 17.5 Å². The first kappa shape index (κ1) is 21.4. The number of anilines is 1. The van der Waals surface area contributed by atoms with E-state index in [4.69, 9.17) is 0 Å². The summed E-state index contributed by atoms with van der Waals surface area (Å²) in [5.41, 5.74) is 3.62. The van der Waals surface area contributed by atoms with Gasteiger partial charge in [0.25, 0.3) is 11.8 Å². The molecule has 0 atom stereocenters. The number of hydrogen-bond donors (Lipinski definition) is 1. The van der Waals surface area contributed by atoms with Crippen molar-refractivity contribution in [1.82, 2.24) is 10.2 Å². The molecule has 0 unspecified atom stereocenters. The fourth-order valence-corrected chi connectivity index (χ4v) is 3.76. The van der Waals surface area contributed by atoms with Gasteiger partial charge in [0.2, 0.25) is 0 Å². The van der Waals surface area contributed by atoms with E-state index in [1.165, 1.54) is 6.42 Å². The Morgan fingerprint density at radius 2 is 1.58 bits per heavy atom. The molecule has 4 rings (SSSR count). The summed E-state index contributed by atoms with van der Waals surface area (Å²) in [6, 6.07) is 16.3. The lowest BCUT2D eigenvalue weighted by molar-refractivity contribution is 0.0729. The van der Waals surface area contributed by atoms with Gasteiger partial charge < -0.3 is 15.1 Å². The molecular weight excluding hydrogens is 386 g/mol. The van der Waals surface area contributed by atoms with E-state index in [0.29, 0.717) is 24.2 Å². The molecule has 2 amide bonds. The van der Waals surface area contributed by atoms with Gasteiger partial charge in [0.1, 0.15) is 0 Å². The topological polar surface area (TPSA) is 52.7 Å². The summed E-state index contributed by atoms with van der Waals surface area (Å²) in [6.45, 7) is 3.79. The first-order chi connectivity index (χ1) is 15.0. The summed E-state index contributed by atoms with van der Waals surface area (Å²) in [5, 5.41) is 3.01. The van der Waals surface area contributed by atoms with Crippen LogP contribution in [-0.4, -0.2) is 42.4 Å². The highest BCUT2D eigenvalue weighted by Gasteiger charge is 2.33. The van der Waals surface area contributed by atoms with Crippen LogP contribution in [0, 0.1) is 0 Å². The van der Waals surface area contributed by atoms with E-state index in [1.54, 1.807) is 0 Å². The van der Waals surface area contributed by atoms with E-state index >= 15 is 0 Å². The van der Waals surface area contributed by atoms with Crippen LogP contribution >= 0.6 is 0 Å². The van der Waals surface area contributed by atoms with Crippen molar-refractivity contribution in [2.75, 3.05) is 18.5 Å². The third-order valence-corrected chi connectivity index (χ3v) is 6.13. The maximum Gasteiger partial charge on any atom is 0.254 e. The molecule has 31 heavy (non-hydrogen) atoms. The van der Waals surface area contributed by atoms with Gasteiger partial charge in [-0.25, -0.2) is 0 Å². The number of nitrogens with zero attached hydrogens (tertiary/aromatic N) is 2. The number of carbonyl (C=O) groups is 2. The molecule has 5 heteroatoms. The molecule has 2 aliphatic rings. The van der Waals surface area contributed by atoms with Crippen molar-refractivity contribution in [1.29, 1.82) is 0 Å². The smallest absolute Gasteiger partial charge is 0.254 e. The SMILES string of the molecule is CCCCN(C)c1ccc(C(=O)N(Cc2ccc(C(=O)NC3CC3)cc2)C2CC2)cc1. The summed E-state index contributed by atoms with van der Waals surface area (Å²) in [6.07, 6.45) is 6.62. The molecule has 0 heterocycles. The van der Waals surface area contributed by atoms with E-state index in [0.717, 1.165) is 55.5 Å². The minimum Gasteiger partial charge on any atom is -0.375 e. The van der Waals surface area contributed by atoms with Gasteiger partial charge in [0, 0.05) is 49.0 Å². The number of rotatable bonds is 10. The van der Waals surface area contributed by atoms with Crippen molar-refractivity contribution in [2.45, 2.75) is 64.1 Å². The Hall–Kier alpha value is -2.82. The molecule has 0 aromatic heterocycles. The number of benzene rings is 2. The Morgan fingerprint density at radius 3 is 2.16 bits per heavy atom. The highest BCUT2D eigenvalue weighted by molar-refractivity contribution is 5.95. The fourth-order valence-electron chi connectivity index (χ4n) is 3.76. The van der Waals surface area contributed by atoms with Gasteiger partial charge in [-0.2, -0.15) is 0 Å². The second kappa shape index (κ2) is 9.54. The molecule has 5 nitrogen and oxygen atoms in total. The van der Waals surface area contributed by atoms with Gasteiger partial charge in [-0.15, -0.1) is 0 Å². The molecule has 1 N–H and O–H groups in total. The second-order valence-electron chi connectivity index (χ2n) is 8.93. The van der Waals surface area contributed by atoms with Gasteiger partial charge in [-0.3, -0.25) is 9.59 Å². The van der Waals surface area contributed by atoms with Crippen LogP contribution in [0.5, 0.6) is 0 Å². The first-order valence-electron chi connectivity index (χ1n) is 11.6. The van der Waals surface area contributed by atoms with Crippen molar-refractivity contribution in [2.24, 2.45) is 0 Å². The normalized spacial score (nSPS) is 15.4. The van der Waals surface area contributed by atoms with E-state index in [9.17, 15) is 9.59 Å². The lowest BCUT2D eigenvalue weighted by Gasteiger charge is -2.24. The molecule has 2 saturated carbocycles. The van der Waals surface area contributed by atoms with E-state index in [-0.39, 0.29) is 11.8 Å². The van der Waals surface area contributed by atoms with Gasteiger partial charge in [-0.1, -0.05) is 25.5 Å². The summed E-state index contributed by atoms with van der Waals surface area (Å²) < 4.78 is 0. The lowest BCUT2D eigenvalue weighted by atomic mass is 10.1. The third-order valence-electron chi connectivity index (χ3n) is 6.13. The number of nitrogens with one attached hydrogen (secondary N) is 1. The summed E-state index contributed by atoms with van der Waals surface area (Å²) in [4.78, 5) is 29.6. The van der Waals surface area contributed by atoms with E-state index in [2.05, 4.69) is 24.2 Å². The molecule has 0 radical (unpaired) electrons. The van der Waals surface area contributed by atoms with Crippen molar-refractivity contribution in [3.63, 3.8) is 0 Å². The average molecular weight is 420 g/mol. The summed E-state index contributed by atoms with van der Waals surface area (Å²) in [7, 11) is 2.09. The largest absolute Gasteiger partial charge is 0.375 e. The molecular formula is C26H33N3O2. The molecule has 2 aliphatic carbocycles. The Morgan fingerprint density at radius 1 is 0.935 bits per heavy atom. The number of unbranched alkanes of at least 4 members (excludes halogenated alkanes) is 1. The number of hydrogen-bond acceptors (Lipinski definition) is 3. The van der Waals surface area contributed by atoms with Crippen LogP contribution < -0.4 is 10.2 Å². The van der Waals surface area contributed by atoms with Gasteiger partial charge in [0.15, 0.2) is 0 Å². The highest BCUT2D eigenvalue weighted by atomic mass is 16.2. The molecule has 0 saturated heterocycles. The minimum absolute atomic E-state index is 0.00632. The van der Waals surface area contributed by atoms with Crippen LogP contribution in [0.25, 0.3) is 0 Å². The fraction of sp³-hybridized carbons (Fsp3) is 0.462. The highest BCUT2D eigenvalue weighted by Crippen LogP contribution is 2.30. The van der Waals surface area contributed by atoms with Crippen LogP contribution in [-0.2, 0) is 6.54 Å². The van der Waals surface area contributed by atoms with Crippen LogP contribution in [0.3, 0.4) is 0 Å². The summed E-state index contributed by atoms with van der Waals surface area (Å²) in [5.74, 6) is 0.0778.